The van der Waals surface area contributed by atoms with Crippen LogP contribution in [0.2, 0.25) is 0 Å². The molecule has 1 rings (SSSR count). The van der Waals surface area contributed by atoms with Gasteiger partial charge in [-0.05, 0) is 53.9 Å². The molecule has 1 fully saturated rings. The molecule has 0 saturated carbocycles. The summed E-state index contributed by atoms with van der Waals surface area (Å²) in [5, 5.41) is 9.10. The van der Waals surface area contributed by atoms with Crippen LogP contribution in [0.3, 0.4) is 0 Å². The molecule has 0 spiro atoms. The van der Waals surface area contributed by atoms with E-state index < -0.39 is 5.97 Å². The molecule has 1 heterocycles. The first-order valence-corrected chi connectivity index (χ1v) is 6.31. The molecule has 1 aliphatic rings. The third kappa shape index (κ3) is 2.71. The van der Waals surface area contributed by atoms with Gasteiger partial charge in [0.1, 0.15) is 0 Å². The molecule has 3 nitrogen and oxygen atoms in total. The van der Waals surface area contributed by atoms with Crippen molar-refractivity contribution in [1.29, 1.82) is 0 Å². The molecule has 0 aliphatic carbocycles. The summed E-state index contributed by atoms with van der Waals surface area (Å²) in [6.45, 7) is 14.4. The van der Waals surface area contributed by atoms with Crippen molar-refractivity contribution in [3.63, 3.8) is 0 Å². The molecule has 0 radical (unpaired) electrons. The topological polar surface area (TPSA) is 40.5 Å². The molecule has 17 heavy (non-hydrogen) atoms. The Morgan fingerprint density at radius 2 is 1.65 bits per heavy atom. The lowest BCUT2D eigenvalue weighted by molar-refractivity contribution is -0.134. The van der Waals surface area contributed by atoms with E-state index in [0.717, 1.165) is 12.8 Å². The fourth-order valence-corrected chi connectivity index (χ4v) is 3.40. The summed E-state index contributed by atoms with van der Waals surface area (Å²) in [5.74, 6) is -0.894. The number of hydrogen-bond acceptors (Lipinski definition) is 2. The van der Waals surface area contributed by atoms with E-state index in [9.17, 15) is 4.79 Å². The Bertz CT molecular complexity index is 315. The van der Waals surface area contributed by atoms with Crippen LogP contribution in [0.5, 0.6) is 0 Å². The summed E-state index contributed by atoms with van der Waals surface area (Å²) in [6, 6.07) is -0.127. The van der Waals surface area contributed by atoms with E-state index >= 15 is 0 Å². The maximum Gasteiger partial charge on any atom is 0.332 e. The van der Waals surface area contributed by atoms with Crippen LogP contribution >= 0.6 is 0 Å². The van der Waals surface area contributed by atoms with E-state index in [1.807, 2.05) is 6.92 Å². The minimum absolute atomic E-state index is 0.0273. The highest BCUT2D eigenvalue weighted by molar-refractivity contribution is 5.87. The standard InChI is InChI=1S/C14H25NO2/c1-10(12(16)17)11(2)15-13(3,4)8-7-9-14(15,5)6/h11H,1,7-9H2,2-6H3,(H,16,17). The largest absolute Gasteiger partial charge is 0.478 e. The minimum Gasteiger partial charge on any atom is -0.478 e. The van der Waals surface area contributed by atoms with Gasteiger partial charge in [-0.25, -0.2) is 4.79 Å². The second-order valence-corrected chi connectivity index (χ2v) is 6.35. The fourth-order valence-electron chi connectivity index (χ4n) is 3.40. The predicted molar refractivity (Wildman–Crippen MR) is 70.1 cm³/mol. The quantitative estimate of drug-likeness (QED) is 0.769. The highest BCUT2D eigenvalue weighted by Crippen LogP contribution is 2.40. The zero-order chi connectivity index (χ0) is 13.4. The first kappa shape index (κ1) is 14.2. The SMILES string of the molecule is C=C(C(=O)O)C(C)N1C(C)(C)CCCC1(C)C. The number of carbonyl (C=O) groups is 1. The van der Waals surface area contributed by atoms with Gasteiger partial charge in [0.25, 0.3) is 0 Å². The number of rotatable bonds is 3. The van der Waals surface area contributed by atoms with Crippen LogP contribution in [-0.4, -0.2) is 33.1 Å². The van der Waals surface area contributed by atoms with E-state index in [4.69, 9.17) is 5.11 Å². The number of hydrogen-bond donors (Lipinski definition) is 1. The summed E-state index contributed by atoms with van der Waals surface area (Å²) in [6.07, 6.45) is 3.41. The van der Waals surface area contributed by atoms with Crippen molar-refractivity contribution in [3.8, 4) is 0 Å². The van der Waals surface area contributed by atoms with Crippen LogP contribution in [0.4, 0.5) is 0 Å². The van der Waals surface area contributed by atoms with Crippen molar-refractivity contribution >= 4 is 5.97 Å². The third-order valence-corrected chi connectivity index (χ3v) is 4.05. The monoisotopic (exact) mass is 239 g/mol. The number of nitrogens with zero attached hydrogens (tertiary/aromatic N) is 1. The molecule has 1 atom stereocenters. The smallest absolute Gasteiger partial charge is 0.332 e. The van der Waals surface area contributed by atoms with Crippen LogP contribution in [-0.2, 0) is 4.79 Å². The van der Waals surface area contributed by atoms with Gasteiger partial charge in [-0.15, -0.1) is 0 Å². The number of likely N-dealkylation sites (tertiary alicyclic amines) is 1. The van der Waals surface area contributed by atoms with Crippen molar-refractivity contribution in [3.05, 3.63) is 12.2 Å². The first-order valence-electron chi connectivity index (χ1n) is 6.31. The second-order valence-electron chi connectivity index (χ2n) is 6.35. The van der Waals surface area contributed by atoms with Gasteiger partial charge in [-0.2, -0.15) is 0 Å². The van der Waals surface area contributed by atoms with Gasteiger partial charge in [0.05, 0.1) is 0 Å². The average molecular weight is 239 g/mol. The first-order chi connectivity index (χ1) is 7.59. The predicted octanol–water partition coefficient (Wildman–Crippen LogP) is 3.06. The van der Waals surface area contributed by atoms with Crippen molar-refractivity contribution in [2.24, 2.45) is 0 Å². The third-order valence-electron chi connectivity index (χ3n) is 4.05. The molecule has 98 valence electrons. The average Bonchev–Trinajstić information content (AvgIpc) is 2.13. The molecule has 1 saturated heterocycles. The van der Waals surface area contributed by atoms with Gasteiger partial charge < -0.3 is 5.11 Å². The lowest BCUT2D eigenvalue weighted by Crippen LogP contribution is -2.62. The molecule has 1 unspecified atom stereocenters. The molecule has 0 amide bonds. The highest BCUT2D eigenvalue weighted by Gasteiger charge is 2.44. The highest BCUT2D eigenvalue weighted by atomic mass is 16.4. The number of aliphatic carboxylic acids is 1. The molecule has 3 heteroatoms. The molecule has 0 aromatic heterocycles. The van der Waals surface area contributed by atoms with Crippen molar-refractivity contribution in [1.82, 2.24) is 4.90 Å². The van der Waals surface area contributed by atoms with Gasteiger partial charge in [0, 0.05) is 22.7 Å². The zero-order valence-electron chi connectivity index (χ0n) is 11.7. The maximum atomic E-state index is 11.1. The normalized spacial score (nSPS) is 25.2. The molecule has 1 N–H and O–H groups in total. The van der Waals surface area contributed by atoms with Gasteiger partial charge in [-0.1, -0.05) is 6.58 Å². The van der Waals surface area contributed by atoms with E-state index in [0.29, 0.717) is 0 Å². The Morgan fingerprint density at radius 1 is 1.24 bits per heavy atom. The summed E-state index contributed by atoms with van der Waals surface area (Å²) in [4.78, 5) is 13.4. The Hall–Kier alpha value is -0.830. The van der Waals surface area contributed by atoms with Crippen molar-refractivity contribution < 1.29 is 9.90 Å². The van der Waals surface area contributed by atoms with Crippen LogP contribution < -0.4 is 0 Å². The molecule has 0 aromatic rings. The Kier molecular flexibility index (Phi) is 3.72. The molecule has 0 aromatic carbocycles. The number of carboxylic acids is 1. The van der Waals surface area contributed by atoms with Gasteiger partial charge in [0.2, 0.25) is 0 Å². The van der Waals surface area contributed by atoms with E-state index in [1.165, 1.54) is 6.42 Å². The summed E-state index contributed by atoms with van der Waals surface area (Å²) >= 11 is 0. The minimum atomic E-state index is -0.894. The van der Waals surface area contributed by atoms with E-state index in [1.54, 1.807) is 0 Å². The summed E-state index contributed by atoms with van der Waals surface area (Å²) in [7, 11) is 0. The lowest BCUT2D eigenvalue weighted by atomic mass is 9.78. The molecular formula is C14H25NO2. The molecule has 0 bridgehead atoms. The van der Waals surface area contributed by atoms with E-state index in [2.05, 4.69) is 39.2 Å². The van der Waals surface area contributed by atoms with Crippen LogP contribution in [0.15, 0.2) is 12.2 Å². The number of piperidine rings is 1. The maximum absolute atomic E-state index is 11.1. The van der Waals surface area contributed by atoms with Crippen LogP contribution in [0, 0.1) is 0 Å². The van der Waals surface area contributed by atoms with Crippen LogP contribution in [0.25, 0.3) is 0 Å². The van der Waals surface area contributed by atoms with Crippen molar-refractivity contribution in [2.75, 3.05) is 0 Å². The Morgan fingerprint density at radius 3 is 2.00 bits per heavy atom. The molecule has 1 aliphatic heterocycles. The zero-order valence-corrected chi connectivity index (χ0v) is 11.7. The van der Waals surface area contributed by atoms with Gasteiger partial charge in [0.15, 0.2) is 0 Å². The lowest BCUT2D eigenvalue weighted by Gasteiger charge is -2.55. The Labute approximate surface area is 105 Å². The second kappa shape index (κ2) is 4.45. The summed E-state index contributed by atoms with van der Waals surface area (Å²) < 4.78 is 0. The van der Waals surface area contributed by atoms with Gasteiger partial charge >= 0.3 is 5.97 Å². The van der Waals surface area contributed by atoms with Crippen LogP contribution in [0.1, 0.15) is 53.9 Å². The van der Waals surface area contributed by atoms with E-state index in [-0.39, 0.29) is 22.7 Å². The van der Waals surface area contributed by atoms with Gasteiger partial charge in [-0.3, -0.25) is 4.90 Å². The Balaban J connectivity index is 3.05. The number of carboxylic acid groups (broad SMARTS) is 1. The summed E-state index contributed by atoms with van der Waals surface area (Å²) in [5.41, 5.74) is 0.340. The molecular weight excluding hydrogens is 214 g/mol. The fraction of sp³-hybridized carbons (Fsp3) is 0.786. The van der Waals surface area contributed by atoms with Crippen molar-refractivity contribution in [2.45, 2.75) is 71.0 Å².